The molecule has 3 heteroatoms. The minimum absolute atomic E-state index is 0.179. The summed E-state index contributed by atoms with van der Waals surface area (Å²) < 4.78 is 0. The number of piperazine rings is 1. The molecular formula is C12H18N2O. The van der Waals surface area contributed by atoms with E-state index in [4.69, 9.17) is 6.42 Å². The molecule has 0 N–H and O–H groups in total. The van der Waals surface area contributed by atoms with Gasteiger partial charge in [-0.05, 0) is 18.8 Å². The van der Waals surface area contributed by atoms with Crippen LogP contribution in [0.3, 0.4) is 0 Å². The first-order valence-electron chi connectivity index (χ1n) is 5.68. The minimum atomic E-state index is 0.179. The van der Waals surface area contributed by atoms with Gasteiger partial charge in [0.15, 0.2) is 0 Å². The lowest BCUT2D eigenvalue weighted by atomic mass is 10.1. The Labute approximate surface area is 91.4 Å². The Hall–Kier alpha value is -1.01. The molecule has 1 aliphatic heterocycles. The maximum atomic E-state index is 11.2. The molecule has 0 aromatic heterocycles. The van der Waals surface area contributed by atoms with Gasteiger partial charge in [-0.3, -0.25) is 9.69 Å². The highest BCUT2D eigenvalue weighted by molar-refractivity contribution is 5.73. The zero-order valence-electron chi connectivity index (χ0n) is 9.28. The lowest BCUT2D eigenvalue weighted by Crippen LogP contribution is -2.51. The van der Waals surface area contributed by atoms with E-state index in [2.05, 4.69) is 10.8 Å². The van der Waals surface area contributed by atoms with Gasteiger partial charge in [-0.1, -0.05) is 5.92 Å². The van der Waals surface area contributed by atoms with Crippen molar-refractivity contribution < 1.29 is 4.79 Å². The number of carbonyl (C=O) groups excluding carboxylic acids is 1. The summed E-state index contributed by atoms with van der Waals surface area (Å²) in [4.78, 5) is 15.4. The molecule has 1 unspecified atom stereocenters. The predicted octanol–water partition coefficient (Wildman–Crippen LogP) is 0.562. The van der Waals surface area contributed by atoms with Gasteiger partial charge in [-0.2, -0.15) is 0 Å². The van der Waals surface area contributed by atoms with E-state index in [9.17, 15) is 4.79 Å². The van der Waals surface area contributed by atoms with Crippen LogP contribution in [0.15, 0.2) is 0 Å². The van der Waals surface area contributed by atoms with Crippen LogP contribution in [0.2, 0.25) is 0 Å². The monoisotopic (exact) mass is 206 g/mol. The Morgan fingerprint density at radius 1 is 1.33 bits per heavy atom. The fourth-order valence-corrected chi connectivity index (χ4v) is 2.27. The van der Waals surface area contributed by atoms with Crippen LogP contribution in [0, 0.1) is 18.3 Å². The van der Waals surface area contributed by atoms with Crippen molar-refractivity contribution >= 4 is 5.91 Å². The molecule has 1 saturated heterocycles. The molecule has 1 saturated carbocycles. The summed E-state index contributed by atoms with van der Waals surface area (Å²) in [7, 11) is 0. The second kappa shape index (κ2) is 4.24. The van der Waals surface area contributed by atoms with Crippen LogP contribution in [0.5, 0.6) is 0 Å². The van der Waals surface area contributed by atoms with Gasteiger partial charge >= 0.3 is 0 Å². The van der Waals surface area contributed by atoms with E-state index >= 15 is 0 Å². The minimum Gasteiger partial charge on any atom is -0.340 e. The number of rotatable bonds is 2. The molecule has 82 valence electrons. The number of carbonyl (C=O) groups is 1. The van der Waals surface area contributed by atoms with Crippen molar-refractivity contribution in [2.75, 3.05) is 26.2 Å². The molecule has 0 aromatic rings. The summed E-state index contributed by atoms with van der Waals surface area (Å²) in [6.07, 6.45) is 8.13. The topological polar surface area (TPSA) is 23.6 Å². The molecule has 0 radical (unpaired) electrons. The molecule has 1 heterocycles. The van der Waals surface area contributed by atoms with E-state index in [1.807, 2.05) is 4.90 Å². The Morgan fingerprint density at radius 3 is 2.33 bits per heavy atom. The predicted molar refractivity (Wildman–Crippen MR) is 59.2 cm³/mol. The quantitative estimate of drug-likeness (QED) is 0.616. The number of amides is 1. The smallest absolute Gasteiger partial charge is 0.219 e. The lowest BCUT2D eigenvalue weighted by Gasteiger charge is -2.37. The van der Waals surface area contributed by atoms with Gasteiger partial charge in [0.1, 0.15) is 0 Å². The van der Waals surface area contributed by atoms with Crippen molar-refractivity contribution in [3.63, 3.8) is 0 Å². The van der Waals surface area contributed by atoms with E-state index in [0.29, 0.717) is 6.04 Å². The summed E-state index contributed by atoms with van der Waals surface area (Å²) in [5.41, 5.74) is 0. The molecular weight excluding hydrogens is 188 g/mol. The highest BCUT2D eigenvalue weighted by atomic mass is 16.2. The fraction of sp³-hybridized carbons (Fsp3) is 0.750. The average molecular weight is 206 g/mol. The summed E-state index contributed by atoms with van der Waals surface area (Å²) in [6.45, 7) is 5.17. The zero-order valence-corrected chi connectivity index (χ0v) is 9.28. The van der Waals surface area contributed by atoms with E-state index < -0.39 is 0 Å². The largest absolute Gasteiger partial charge is 0.340 e. The third-order valence-electron chi connectivity index (χ3n) is 3.39. The maximum Gasteiger partial charge on any atom is 0.219 e. The van der Waals surface area contributed by atoms with Gasteiger partial charge in [0, 0.05) is 33.1 Å². The van der Waals surface area contributed by atoms with Crippen LogP contribution in [-0.4, -0.2) is 47.9 Å². The number of hydrogen-bond acceptors (Lipinski definition) is 2. The van der Waals surface area contributed by atoms with Crippen LogP contribution in [0.1, 0.15) is 19.8 Å². The molecule has 15 heavy (non-hydrogen) atoms. The molecule has 2 fully saturated rings. The third-order valence-corrected chi connectivity index (χ3v) is 3.39. The molecule has 1 amide bonds. The molecule has 2 rings (SSSR count). The first-order valence-corrected chi connectivity index (χ1v) is 5.68. The molecule has 2 aliphatic rings. The Kier molecular flexibility index (Phi) is 2.97. The van der Waals surface area contributed by atoms with Crippen molar-refractivity contribution in [3.05, 3.63) is 0 Å². The highest BCUT2D eigenvalue weighted by Crippen LogP contribution is 2.35. The molecule has 0 bridgehead atoms. The van der Waals surface area contributed by atoms with E-state index in [-0.39, 0.29) is 5.91 Å². The first-order chi connectivity index (χ1) is 7.22. The van der Waals surface area contributed by atoms with Crippen molar-refractivity contribution in [2.45, 2.75) is 25.8 Å². The molecule has 0 spiro atoms. The van der Waals surface area contributed by atoms with Gasteiger partial charge in [0.05, 0.1) is 6.04 Å². The highest BCUT2D eigenvalue weighted by Gasteiger charge is 2.35. The van der Waals surface area contributed by atoms with Crippen LogP contribution in [-0.2, 0) is 4.79 Å². The van der Waals surface area contributed by atoms with Gasteiger partial charge in [0.2, 0.25) is 5.91 Å². The van der Waals surface area contributed by atoms with Gasteiger partial charge < -0.3 is 4.90 Å². The van der Waals surface area contributed by atoms with Gasteiger partial charge in [0.25, 0.3) is 0 Å². The fourth-order valence-electron chi connectivity index (χ4n) is 2.27. The zero-order chi connectivity index (χ0) is 10.8. The van der Waals surface area contributed by atoms with Crippen LogP contribution in [0.25, 0.3) is 0 Å². The second-order valence-electron chi connectivity index (χ2n) is 4.49. The van der Waals surface area contributed by atoms with Crippen LogP contribution in [0.4, 0.5) is 0 Å². The summed E-state index contributed by atoms with van der Waals surface area (Å²) >= 11 is 0. The van der Waals surface area contributed by atoms with Crippen LogP contribution >= 0.6 is 0 Å². The molecule has 1 atom stereocenters. The van der Waals surface area contributed by atoms with Gasteiger partial charge in [-0.15, -0.1) is 6.42 Å². The number of hydrogen-bond donors (Lipinski definition) is 0. The Bertz CT molecular complexity index is 282. The van der Waals surface area contributed by atoms with Crippen molar-refractivity contribution in [1.82, 2.24) is 9.80 Å². The number of nitrogens with zero attached hydrogens (tertiary/aromatic N) is 2. The molecule has 0 aromatic carbocycles. The second-order valence-corrected chi connectivity index (χ2v) is 4.49. The van der Waals surface area contributed by atoms with E-state index in [1.165, 1.54) is 12.8 Å². The molecule has 1 aliphatic carbocycles. The van der Waals surface area contributed by atoms with E-state index in [1.54, 1.807) is 6.92 Å². The summed E-state index contributed by atoms with van der Waals surface area (Å²) in [6, 6.07) is 0.319. The lowest BCUT2D eigenvalue weighted by molar-refractivity contribution is -0.130. The summed E-state index contributed by atoms with van der Waals surface area (Å²) in [5.74, 6) is 3.80. The van der Waals surface area contributed by atoms with Gasteiger partial charge in [-0.25, -0.2) is 0 Å². The Morgan fingerprint density at radius 2 is 1.93 bits per heavy atom. The molecule has 3 nitrogen and oxygen atoms in total. The standard InChI is InChI=1S/C12H18N2O/c1-3-12(11-4-5-11)14-8-6-13(7-9-14)10(2)15/h1,11-12H,4-9H2,2H3. The normalized spacial score (nSPS) is 24.7. The van der Waals surface area contributed by atoms with Crippen LogP contribution < -0.4 is 0 Å². The first kappa shape index (κ1) is 10.5. The maximum absolute atomic E-state index is 11.2. The number of terminal acetylenes is 1. The van der Waals surface area contributed by atoms with Crippen molar-refractivity contribution in [3.8, 4) is 12.3 Å². The van der Waals surface area contributed by atoms with Crippen molar-refractivity contribution in [2.24, 2.45) is 5.92 Å². The van der Waals surface area contributed by atoms with Crippen molar-refractivity contribution in [1.29, 1.82) is 0 Å². The average Bonchev–Trinajstić information content (AvgIpc) is 3.04. The van der Waals surface area contributed by atoms with E-state index in [0.717, 1.165) is 32.1 Å². The SMILES string of the molecule is C#CC(C1CC1)N1CCN(C(C)=O)CC1. The third kappa shape index (κ3) is 2.32. The Balaban J connectivity index is 1.87. The summed E-state index contributed by atoms with van der Waals surface area (Å²) in [5, 5.41) is 0.